The fourth-order valence-electron chi connectivity index (χ4n) is 3.13. The molecule has 2 rings (SSSR count). The number of hydrogen-bond donors (Lipinski definition) is 0. The molecule has 0 unspecified atom stereocenters. The van der Waals surface area contributed by atoms with Crippen LogP contribution in [0.2, 0.25) is 0 Å². The summed E-state index contributed by atoms with van der Waals surface area (Å²) in [6.07, 6.45) is 0.490. The minimum Gasteiger partial charge on any atom is -0.294 e. The van der Waals surface area contributed by atoms with E-state index in [1.165, 1.54) is 33.4 Å². The monoisotopic (exact) mass is 294 g/mol. The van der Waals surface area contributed by atoms with E-state index < -0.39 is 0 Å². The topological polar surface area (TPSA) is 17.1 Å². The van der Waals surface area contributed by atoms with Crippen molar-refractivity contribution in [3.63, 3.8) is 0 Å². The van der Waals surface area contributed by atoms with Gasteiger partial charge in [-0.25, -0.2) is 0 Å². The van der Waals surface area contributed by atoms with Crippen LogP contribution in [0.4, 0.5) is 0 Å². The molecular weight excluding hydrogens is 268 g/mol. The van der Waals surface area contributed by atoms with E-state index in [2.05, 4.69) is 40.7 Å². The first-order valence-electron chi connectivity index (χ1n) is 7.90. The van der Waals surface area contributed by atoms with Gasteiger partial charge in [0.25, 0.3) is 0 Å². The first-order valence-corrected chi connectivity index (χ1v) is 7.90. The fraction of sp³-hybridized carbons (Fsp3) is 0.381. The van der Waals surface area contributed by atoms with Gasteiger partial charge in [-0.15, -0.1) is 0 Å². The lowest BCUT2D eigenvalue weighted by Crippen LogP contribution is -2.11. The molecule has 2 aromatic rings. The van der Waals surface area contributed by atoms with E-state index in [-0.39, 0.29) is 5.78 Å². The third-order valence-electron chi connectivity index (χ3n) is 5.19. The van der Waals surface area contributed by atoms with Crippen molar-refractivity contribution >= 4 is 5.78 Å². The standard InChI is InChI=1S/C21H26O/c1-12-8-9-13(2)19(10-12)21(22)11-20-17(6)15(4)14(3)16(5)18(20)7/h8-10H,11H2,1-7H3. The number of carbonyl (C=O) groups is 1. The SMILES string of the molecule is Cc1ccc(C)c(C(=O)Cc2c(C)c(C)c(C)c(C)c2C)c1. The van der Waals surface area contributed by atoms with Crippen molar-refractivity contribution in [1.29, 1.82) is 0 Å². The Morgan fingerprint density at radius 3 is 1.82 bits per heavy atom. The van der Waals surface area contributed by atoms with Gasteiger partial charge in [0.05, 0.1) is 0 Å². The quantitative estimate of drug-likeness (QED) is 0.705. The Morgan fingerprint density at radius 2 is 1.27 bits per heavy atom. The second kappa shape index (κ2) is 6.08. The summed E-state index contributed by atoms with van der Waals surface area (Å²) in [7, 11) is 0. The van der Waals surface area contributed by atoms with Gasteiger partial charge in [0, 0.05) is 12.0 Å². The predicted molar refractivity (Wildman–Crippen MR) is 94.1 cm³/mol. The van der Waals surface area contributed by atoms with E-state index in [0.29, 0.717) is 6.42 Å². The van der Waals surface area contributed by atoms with Crippen LogP contribution < -0.4 is 0 Å². The van der Waals surface area contributed by atoms with Crippen LogP contribution in [-0.2, 0) is 6.42 Å². The van der Waals surface area contributed by atoms with E-state index in [1.54, 1.807) is 0 Å². The average molecular weight is 294 g/mol. The summed E-state index contributed by atoms with van der Waals surface area (Å²) in [5, 5.41) is 0. The van der Waals surface area contributed by atoms with Gasteiger partial charge in [-0.1, -0.05) is 17.7 Å². The smallest absolute Gasteiger partial charge is 0.167 e. The molecule has 1 nitrogen and oxygen atoms in total. The predicted octanol–water partition coefficient (Wildman–Crippen LogP) is 5.27. The Labute approximate surface area is 134 Å². The van der Waals surface area contributed by atoms with Crippen LogP contribution >= 0.6 is 0 Å². The molecule has 116 valence electrons. The maximum atomic E-state index is 12.8. The number of carbonyl (C=O) groups excluding carboxylic acids is 1. The Balaban J connectivity index is 2.47. The highest BCUT2D eigenvalue weighted by Gasteiger charge is 2.17. The number of rotatable bonds is 3. The average Bonchev–Trinajstić information content (AvgIpc) is 2.49. The normalized spacial score (nSPS) is 10.9. The van der Waals surface area contributed by atoms with Crippen LogP contribution in [0.5, 0.6) is 0 Å². The molecule has 0 aliphatic carbocycles. The second-order valence-corrected chi connectivity index (χ2v) is 6.52. The molecule has 0 amide bonds. The number of aryl methyl sites for hydroxylation is 2. The van der Waals surface area contributed by atoms with Crippen LogP contribution in [-0.4, -0.2) is 5.78 Å². The summed E-state index contributed by atoms with van der Waals surface area (Å²) < 4.78 is 0. The number of hydrogen-bond acceptors (Lipinski definition) is 1. The van der Waals surface area contributed by atoms with Crippen LogP contribution in [0.25, 0.3) is 0 Å². The molecule has 0 N–H and O–H groups in total. The van der Waals surface area contributed by atoms with Gasteiger partial charge in [0.2, 0.25) is 0 Å². The zero-order valence-corrected chi connectivity index (χ0v) is 14.8. The summed E-state index contributed by atoms with van der Waals surface area (Å²) in [5.74, 6) is 0.218. The van der Waals surface area contributed by atoms with Gasteiger partial charge in [0.1, 0.15) is 0 Å². The number of ketones is 1. The summed E-state index contributed by atoms with van der Waals surface area (Å²) in [4.78, 5) is 12.8. The van der Waals surface area contributed by atoms with E-state index in [4.69, 9.17) is 0 Å². The first-order chi connectivity index (χ1) is 10.2. The zero-order chi connectivity index (χ0) is 16.6. The van der Waals surface area contributed by atoms with Crippen molar-refractivity contribution in [3.8, 4) is 0 Å². The van der Waals surface area contributed by atoms with Gasteiger partial charge in [0.15, 0.2) is 5.78 Å². The van der Waals surface area contributed by atoms with E-state index >= 15 is 0 Å². The van der Waals surface area contributed by atoms with Crippen molar-refractivity contribution in [1.82, 2.24) is 0 Å². The lowest BCUT2D eigenvalue weighted by molar-refractivity contribution is 0.0992. The molecular formula is C21H26O. The zero-order valence-electron chi connectivity index (χ0n) is 14.8. The molecule has 0 aromatic heterocycles. The molecule has 0 bridgehead atoms. The van der Waals surface area contributed by atoms with E-state index in [1.807, 2.05) is 26.0 Å². The van der Waals surface area contributed by atoms with Gasteiger partial charge >= 0.3 is 0 Å². The van der Waals surface area contributed by atoms with Gasteiger partial charge in [-0.05, 0) is 93.5 Å². The molecule has 0 heterocycles. The summed E-state index contributed by atoms with van der Waals surface area (Å²) in [5.41, 5.74) is 10.8. The van der Waals surface area contributed by atoms with Gasteiger partial charge in [-0.3, -0.25) is 4.79 Å². The lowest BCUT2D eigenvalue weighted by Gasteiger charge is -2.18. The first kappa shape index (κ1) is 16.5. The molecule has 0 aliphatic rings. The van der Waals surface area contributed by atoms with Crippen LogP contribution in [0, 0.1) is 48.5 Å². The van der Waals surface area contributed by atoms with Crippen molar-refractivity contribution in [2.24, 2.45) is 0 Å². The maximum Gasteiger partial charge on any atom is 0.167 e. The van der Waals surface area contributed by atoms with Crippen molar-refractivity contribution in [2.45, 2.75) is 54.9 Å². The van der Waals surface area contributed by atoms with Crippen molar-refractivity contribution in [3.05, 3.63) is 68.3 Å². The molecule has 1 heteroatoms. The van der Waals surface area contributed by atoms with Crippen LogP contribution in [0.1, 0.15) is 54.9 Å². The highest BCUT2D eigenvalue weighted by molar-refractivity contribution is 5.99. The van der Waals surface area contributed by atoms with Crippen LogP contribution in [0.3, 0.4) is 0 Å². The molecule has 0 atom stereocenters. The fourth-order valence-corrected chi connectivity index (χ4v) is 3.13. The number of benzene rings is 2. The largest absolute Gasteiger partial charge is 0.294 e. The highest BCUT2D eigenvalue weighted by Crippen LogP contribution is 2.27. The Bertz CT molecular complexity index is 722. The van der Waals surface area contributed by atoms with Gasteiger partial charge in [-0.2, -0.15) is 0 Å². The maximum absolute atomic E-state index is 12.8. The Hall–Kier alpha value is -1.89. The Kier molecular flexibility index (Phi) is 4.55. The molecule has 0 saturated carbocycles. The molecule has 0 radical (unpaired) electrons. The summed E-state index contributed by atoms with van der Waals surface area (Å²) in [6, 6.07) is 6.10. The molecule has 2 aromatic carbocycles. The van der Waals surface area contributed by atoms with Gasteiger partial charge < -0.3 is 0 Å². The minimum absolute atomic E-state index is 0.218. The molecule has 0 spiro atoms. The van der Waals surface area contributed by atoms with Crippen molar-refractivity contribution in [2.75, 3.05) is 0 Å². The third-order valence-corrected chi connectivity index (χ3v) is 5.19. The van der Waals surface area contributed by atoms with E-state index in [0.717, 1.165) is 16.7 Å². The minimum atomic E-state index is 0.218. The summed E-state index contributed by atoms with van der Waals surface area (Å²) in [6.45, 7) is 14.8. The Morgan fingerprint density at radius 1 is 0.773 bits per heavy atom. The molecule has 0 aliphatic heterocycles. The number of Topliss-reactive ketones (excluding diaryl/α,β-unsaturated/α-hetero) is 1. The third kappa shape index (κ3) is 2.85. The van der Waals surface area contributed by atoms with Crippen molar-refractivity contribution < 1.29 is 4.79 Å². The lowest BCUT2D eigenvalue weighted by atomic mass is 9.86. The second-order valence-electron chi connectivity index (χ2n) is 6.52. The molecule has 0 saturated heterocycles. The molecule has 22 heavy (non-hydrogen) atoms. The summed E-state index contributed by atoms with van der Waals surface area (Å²) >= 11 is 0. The van der Waals surface area contributed by atoms with E-state index in [9.17, 15) is 4.79 Å². The highest BCUT2D eigenvalue weighted by atomic mass is 16.1. The molecule has 0 fully saturated rings. The van der Waals surface area contributed by atoms with Crippen LogP contribution in [0.15, 0.2) is 18.2 Å².